The Hall–Kier alpha value is -2.81. The van der Waals surface area contributed by atoms with Gasteiger partial charge in [0.05, 0.1) is 13.2 Å². The Balaban J connectivity index is 1.49. The molecule has 0 heterocycles. The van der Waals surface area contributed by atoms with E-state index in [0.29, 0.717) is 13.2 Å². The van der Waals surface area contributed by atoms with Gasteiger partial charge in [0.2, 0.25) is 0 Å². The Labute approximate surface area is 161 Å². The summed E-state index contributed by atoms with van der Waals surface area (Å²) in [4.78, 5) is 10.9. The summed E-state index contributed by atoms with van der Waals surface area (Å²) in [6.07, 6.45) is 8.37. The summed E-state index contributed by atoms with van der Waals surface area (Å²) < 4.78 is 10.9. The minimum atomic E-state index is -0.358. The molecule has 2 aromatic rings. The number of carbonyl (C=O) groups is 1. The summed E-state index contributed by atoms with van der Waals surface area (Å²) in [7, 11) is 0. The van der Waals surface area contributed by atoms with Crippen molar-refractivity contribution in [2.24, 2.45) is 0 Å². The topological polar surface area (TPSA) is 35.5 Å². The third kappa shape index (κ3) is 5.58. The molecule has 0 fully saturated rings. The highest BCUT2D eigenvalue weighted by atomic mass is 16.5. The Morgan fingerprint density at radius 1 is 1.00 bits per heavy atom. The highest BCUT2D eigenvalue weighted by Crippen LogP contribution is 2.32. The van der Waals surface area contributed by atoms with E-state index >= 15 is 0 Å². The molecule has 1 aliphatic carbocycles. The van der Waals surface area contributed by atoms with Gasteiger partial charge in [0.25, 0.3) is 0 Å². The summed E-state index contributed by atoms with van der Waals surface area (Å²) in [5.41, 5.74) is 5.32. The summed E-state index contributed by atoms with van der Waals surface area (Å²) in [5, 5.41) is 0. The van der Waals surface area contributed by atoms with Crippen LogP contribution in [0, 0.1) is 0 Å². The summed E-state index contributed by atoms with van der Waals surface area (Å²) in [6.45, 7) is 4.49. The predicted molar refractivity (Wildman–Crippen MR) is 110 cm³/mol. The van der Waals surface area contributed by atoms with Crippen molar-refractivity contribution in [2.45, 2.75) is 32.1 Å². The molecule has 0 atom stereocenters. The van der Waals surface area contributed by atoms with E-state index < -0.39 is 0 Å². The lowest BCUT2D eigenvalue weighted by atomic mass is 9.88. The monoisotopic (exact) mass is 362 g/mol. The number of benzene rings is 2. The number of fused-ring (bicyclic) bond motifs is 1. The van der Waals surface area contributed by atoms with Crippen molar-refractivity contribution in [3.63, 3.8) is 0 Å². The van der Waals surface area contributed by atoms with Gasteiger partial charge in [-0.25, -0.2) is 4.79 Å². The molecule has 2 aromatic carbocycles. The van der Waals surface area contributed by atoms with Crippen LogP contribution in [0.25, 0.3) is 11.6 Å². The van der Waals surface area contributed by atoms with Gasteiger partial charge >= 0.3 is 5.97 Å². The van der Waals surface area contributed by atoms with Crippen LogP contribution in [-0.2, 0) is 16.0 Å². The first-order chi connectivity index (χ1) is 13.3. The van der Waals surface area contributed by atoms with E-state index in [9.17, 15) is 4.79 Å². The number of ether oxygens (including phenoxy) is 2. The van der Waals surface area contributed by atoms with Crippen molar-refractivity contribution in [2.75, 3.05) is 13.2 Å². The molecule has 0 saturated heterocycles. The quantitative estimate of drug-likeness (QED) is 0.338. The van der Waals surface area contributed by atoms with Crippen LogP contribution < -0.4 is 4.74 Å². The number of aryl methyl sites for hydroxylation is 1. The highest BCUT2D eigenvalue weighted by molar-refractivity contribution is 5.84. The number of esters is 1. The minimum absolute atomic E-state index is 0.358. The third-order valence-corrected chi connectivity index (χ3v) is 4.72. The van der Waals surface area contributed by atoms with Crippen LogP contribution in [0.2, 0.25) is 0 Å². The summed E-state index contributed by atoms with van der Waals surface area (Å²) in [5.74, 6) is 0.556. The van der Waals surface area contributed by atoms with Gasteiger partial charge < -0.3 is 9.47 Å². The lowest BCUT2D eigenvalue weighted by Crippen LogP contribution is -2.04. The first-order valence-corrected chi connectivity index (χ1v) is 9.57. The standard InChI is InChI=1S/C24H26O3/c1-2-24(25)27-16-8-4-7-15-26-23-14-13-20-11-12-21(17-22(20)18-23)19-9-5-3-6-10-19/h2-3,5-6,9-10,13-14,17-18H,1,4,7-8,11-12,15-16H2. The third-order valence-electron chi connectivity index (χ3n) is 4.72. The summed E-state index contributed by atoms with van der Waals surface area (Å²) >= 11 is 0. The van der Waals surface area contributed by atoms with Crippen LogP contribution >= 0.6 is 0 Å². The number of rotatable bonds is 9. The zero-order valence-electron chi connectivity index (χ0n) is 15.7. The molecule has 0 bridgehead atoms. The van der Waals surface area contributed by atoms with Crippen molar-refractivity contribution in [3.8, 4) is 5.75 Å². The molecule has 1 aliphatic rings. The molecule has 0 N–H and O–H groups in total. The molecule has 0 radical (unpaired) electrons. The van der Waals surface area contributed by atoms with Crippen molar-refractivity contribution >= 4 is 17.6 Å². The maximum atomic E-state index is 10.9. The molecule has 0 amide bonds. The maximum absolute atomic E-state index is 10.9. The van der Waals surface area contributed by atoms with E-state index in [1.54, 1.807) is 0 Å². The Bertz CT molecular complexity index is 806. The van der Waals surface area contributed by atoms with Gasteiger partial charge in [0.1, 0.15) is 5.75 Å². The second-order valence-electron chi connectivity index (χ2n) is 6.68. The Kier molecular flexibility index (Phi) is 6.86. The van der Waals surface area contributed by atoms with Crippen molar-refractivity contribution in [1.82, 2.24) is 0 Å². The van der Waals surface area contributed by atoms with Crippen molar-refractivity contribution in [1.29, 1.82) is 0 Å². The molecule has 0 saturated carbocycles. The average molecular weight is 362 g/mol. The van der Waals surface area contributed by atoms with Gasteiger partial charge in [-0.2, -0.15) is 0 Å². The zero-order chi connectivity index (χ0) is 18.9. The summed E-state index contributed by atoms with van der Waals surface area (Å²) in [6, 6.07) is 16.9. The van der Waals surface area contributed by atoms with Crippen LogP contribution in [-0.4, -0.2) is 19.2 Å². The molecule has 3 heteroatoms. The van der Waals surface area contributed by atoms with Crippen LogP contribution in [0.4, 0.5) is 0 Å². The fraction of sp³-hybridized carbons (Fsp3) is 0.292. The van der Waals surface area contributed by atoms with Gasteiger partial charge in [-0.1, -0.05) is 49.1 Å². The van der Waals surface area contributed by atoms with Crippen LogP contribution in [0.1, 0.15) is 42.4 Å². The number of hydrogen-bond acceptors (Lipinski definition) is 3. The highest BCUT2D eigenvalue weighted by Gasteiger charge is 2.12. The number of hydrogen-bond donors (Lipinski definition) is 0. The molecule has 0 aliphatic heterocycles. The first kappa shape index (κ1) is 19.0. The number of carbonyl (C=O) groups excluding carboxylic acids is 1. The smallest absolute Gasteiger partial charge is 0.330 e. The minimum Gasteiger partial charge on any atom is -0.494 e. The van der Waals surface area contributed by atoms with Crippen molar-refractivity contribution in [3.05, 3.63) is 77.9 Å². The van der Waals surface area contributed by atoms with Gasteiger partial charge in [0.15, 0.2) is 0 Å². The SMILES string of the molecule is C=CC(=O)OCCCCCOc1ccc2c(c1)C=C(c1ccccc1)CC2. The lowest BCUT2D eigenvalue weighted by Gasteiger charge is -2.18. The predicted octanol–water partition coefficient (Wildman–Crippen LogP) is 5.45. The first-order valence-electron chi connectivity index (χ1n) is 9.57. The fourth-order valence-corrected chi connectivity index (χ4v) is 3.24. The fourth-order valence-electron chi connectivity index (χ4n) is 3.24. The number of unbranched alkanes of at least 4 members (excludes halogenated alkanes) is 2. The van der Waals surface area contributed by atoms with E-state index in [0.717, 1.165) is 37.9 Å². The molecule has 27 heavy (non-hydrogen) atoms. The molecule has 0 aromatic heterocycles. The van der Waals surface area contributed by atoms with Crippen LogP contribution in [0.3, 0.4) is 0 Å². The molecule has 3 rings (SSSR count). The maximum Gasteiger partial charge on any atom is 0.330 e. The normalized spacial score (nSPS) is 12.7. The van der Waals surface area contributed by atoms with Crippen LogP contribution in [0.15, 0.2) is 61.2 Å². The molecule has 3 nitrogen and oxygen atoms in total. The van der Waals surface area contributed by atoms with Crippen LogP contribution in [0.5, 0.6) is 5.75 Å². The Morgan fingerprint density at radius 3 is 2.63 bits per heavy atom. The molecule has 140 valence electrons. The molecule has 0 unspecified atom stereocenters. The molecular weight excluding hydrogens is 336 g/mol. The van der Waals surface area contributed by atoms with Crippen molar-refractivity contribution < 1.29 is 14.3 Å². The van der Waals surface area contributed by atoms with E-state index in [2.05, 4.69) is 61.2 Å². The van der Waals surface area contributed by atoms with Gasteiger partial charge in [-0.05, 0) is 66.5 Å². The van der Waals surface area contributed by atoms with Gasteiger partial charge in [-0.15, -0.1) is 0 Å². The second-order valence-corrected chi connectivity index (χ2v) is 6.68. The Morgan fingerprint density at radius 2 is 1.81 bits per heavy atom. The average Bonchev–Trinajstić information content (AvgIpc) is 2.73. The van der Waals surface area contributed by atoms with E-state index in [4.69, 9.17) is 9.47 Å². The van der Waals surface area contributed by atoms with Gasteiger partial charge in [0, 0.05) is 6.08 Å². The second kappa shape index (κ2) is 9.77. The van der Waals surface area contributed by atoms with E-state index in [1.807, 2.05) is 0 Å². The van der Waals surface area contributed by atoms with E-state index in [1.165, 1.54) is 28.3 Å². The van der Waals surface area contributed by atoms with Gasteiger partial charge in [-0.3, -0.25) is 0 Å². The lowest BCUT2D eigenvalue weighted by molar-refractivity contribution is -0.137. The van der Waals surface area contributed by atoms with E-state index in [-0.39, 0.29) is 5.97 Å². The zero-order valence-corrected chi connectivity index (χ0v) is 15.7. The molecule has 0 spiro atoms. The number of allylic oxidation sites excluding steroid dienone is 1. The molecular formula is C24H26O3. The largest absolute Gasteiger partial charge is 0.494 e.